The molecule has 0 aromatic carbocycles. The second kappa shape index (κ2) is 6.43. The highest BCUT2D eigenvalue weighted by Crippen LogP contribution is 2.19. The van der Waals surface area contributed by atoms with E-state index in [2.05, 4.69) is 12.2 Å². The summed E-state index contributed by atoms with van der Waals surface area (Å²) in [6.07, 6.45) is 4.00. The van der Waals surface area contributed by atoms with Gasteiger partial charge < -0.3 is 20.9 Å². The van der Waals surface area contributed by atoms with Crippen molar-refractivity contribution in [1.29, 1.82) is 0 Å². The summed E-state index contributed by atoms with van der Waals surface area (Å²) >= 11 is 0. The van der Waals surface area contributed by atoms with Crippen molar-refractivity contribution in [1.82, 2.24) is 5.32 Å². The molecular weight excluding hydrogens is 192 g/mol. The Balaban J connectivity index is 2.37. The van der Waals surface area contributed by atoms with Gasteiger partial charge in [-0.15, -0.1) is 0 Å². The minimum Gasteiger partial charge on any atom is -0.396 e. The summed E-state index contributed by atoms with van der Waals surface area (Å²) in [5.74, 6) is 0. The Morgan fingerprint density at radius 1 is 1.60 bits per heavy atom. The molecule has 0 aromatic rings. The number of hydrogen-bond acceptors (Lipinski definition) is 4. The molecule has 1 rings (SSSR count). The first-order valence-electron chi connectivity index (χ1n) is 5.89. The molecule has 0 aromatic heterocycles. The summed E-state index contributed by atoms with van der Waals surface area (Å²) in [6.45, 7) is 4.59. The van der Waals surface area contributed by atoms with E-state index in [4.69, 9.17) is 15.6 Å². The molecule has 0 radical (unpaired) electrons. The Bertz CT molecular complexity index is 170. The van der Waals surface area contributed by atoms with Gasteiger partial charge in [0.1, 0.15) is 0 Å². The predicted molar refractivity (Wildman–Crippen MR) is 60.8 cm³/mol. The molecule has 2 unspecified atom stereocenters. The second-order valence-electron chi connectivity index (χ2n) is 4.55. The van der Waals surface area contributed by atoms with Gasteiger partial charge in [0.25, 0.3) is 0 Å². The average Bonchev–Trinajstić information content (AvgIpc) is 2.27. The molecule has 1 aliphatic rings. The van der Waals surface area contributed by atoms with Gasteiger partial charge in [0.15, 0.2) is 0 Å². The van der Waals surface area contributed by atoms with E-state index < -0.39 is 0 Å². The van der Waals surface area contributed by atoms with E-state index in [9.17, 15) is 0 Å². The number of hydrogen-bond donors (Lipinski definition) is 3. The molecule has 4 nitrogen and oxygen atoms in total. The van der Waals surface area contributed by atoms with Crippen LogP contribution in [0, 0.1) is 0 Å². The smallest absolute Gasteiger partial charge is 0.0660 e. The SMILES string of the molecule is CC(CCCO)NC1(CN)CCCOC1. The van der Waals surface area contributed by atoms with Crippen LogP contribution in [0.25, 0.3) is 0 Å². The van der Waals surface area contributed by atoms with Crippen LogP contribution in [0.15, 0.2) is 0 Å². The summed E-state index contributed by atoms with van der Waals surface area (Å²) in [4.78, 5) is 0. The molecule has 4 N–H and O–H groups in total. The van der Waals surface area contributed by atoms with Crippen LogP contribution in [0.5, 0.6) is 0 Å². The summed E-state index contributed by atoms with van der Waals surface area (Å²) in [7, 11) is 0. The topological polar surface area (TPSA) is 67.5 Å². The second-order valence-corrected chi connectivity index (χ2v) is 4.55. The Kier molecular flexibility index (Phi) is 5.53. The van der Waals surface area contributed by atoms with E-state index in [-0.39, 0.29) is 12.1 Å². The molecule has 1 aliphatic heterocycles. The summed E-state index contributed by atoms with van der Waals surface area (Å²) in [6, 6.07) is 0.391. The van der Waals surface area contributed by atoms with Crippen molar-refractivity contribution in [3.8, 4) is 0 Å². The molecule has 90 valence electrons. The van der Waals surface area contributed by atoms with Gasteiger partial charge in [0.05, 0.1) is 12.1 Å². The first kappa shape index (κ1) is 12.9. The standard InChI is InChI=1S/C11H24N2O2/c1-10(4-2-6-14)13-11(8-12)5-3-7-15-9-11/h10,13-14H,2-9,12H2,1H3. The normalized spacial score (nSPS) is 29.0. The van der Waals surface area contributed by atoms with Gasteiger partial charge in [-0.25, -0.2) is 0 Å². The molecule has 1 fully saturated rings. The lowest BCUT2D eigenvalue weighted by Crippen LogP contribution is -2.59. The van der Waals surface area contributed by atoms with Crippen LogP contribution in [0.2, 0.25) is 0 Å². The molecule has 0 aliphatic carbocycles. The highest BCUT2D eigenvalue weighted by Gasteiger charge is 2.32. The minimum absolute atomic E-state index is 0.0346. The minimum atomic E-state index is -0.0346. The highest BCUT2D eigenvalue weighted by molar-refractivity contribution is 4.92. The largest absolute Gasteiger partial charge is 0.396 e. The number of nitrogens with two attached hydrogens (primary N) is 1. The maximum Gasteiger partial charge on any atom is 0.0660 e. The fourth-order valence-corrected chi connectivity index (χ4v) is 2.18. The third-order valence-electron chi connectivity index (χ3n) is 3.06. The Morgan fingerprint density at radius 2 is 2.40 bits per heavy atom. The Morgan fingerprint density at radius 3 is 2.93 bits per heavy atom. The highest BCUT2D eigenvalue weighted by atomic mass is 16.5. The maximum atomic E-state index is 8.77. The molecule has 1 saturated heterocycles. The number of nitrogens with one attached hydrogen (secondary N) is 1. The van der Waals surface area contributed by atoms with Crippen LogP contribution in [0.1, 0.15) is 32.6 Å². The lowest BCUT2D eigenvalue weighted by atomic mass is 9.91. The van der Waals surface area contributed by atoms with Gasteiger partial charge in [-0.05, 0) is 32.6 Å². The zero-order valence-electron chi connectivity index (χ0n) is 9.67. The van der Waals surface area contributed by atoms with E-state index in [1.54, 1.807) is 0 Å². The molecule has 4 heteroatoms. The average molecular weight is 216 g/mol. The molecular formula is C11H24N2O2. The lowest BCUT2D eigenvalue weighted by Gasteiger charge is -2.39. The van der Waals surface area contributed by atoms with E-state index in [1.165, 1.54) is 0 Å². The zero-order valence-corrected chi connectivity index (χ0v) is 9.67. The van der Waals surface area contributed by atoms with Gasteiger partial charge in [-0.3, -0.25) is 0 Å². The summed E-state index contributed by atoms with van der Waals surface area (Å²) < 4.78 is 5.49. The molecule has 0 saturated carbocycles. The first-order chi connectivity index (χ1) is 7.22. The fourth-order valence-electron chi connectivity index (χ4n) is 2.18. The van der Waals surface area contributed by atoms with E-state index in [0.29, 0.717) is 19.2 Å². The maximum absolute atomic E-state index is 8.77. The van der Waals surface area contributed by atoms with Crippen LogP contribution in [0.4, 0.5) is 0 Å². The quantitative estimate of drug-likeness (QED) is 0.595. The van der Waals surface area contributed by atoms with Crippen molar-refractivity contribution in [3.63, 3.8) is 0 Å². The Labute approximate surface area is 92.2 Å². The zero-order chi connectivity index (χ0) is 11.1. The van der Waals surface area contributed by atoms with Crippen molar-refractivity contribution in [3.05, 3.63) is 0 Å². The number of aliphatic hydroxyl groups is 1. The molecule has 15 heavy (non-hydrogen) atoms. The van der Waals surface area contributed by atoms with E-state index >= 15 is 0 Å². The van der Waals surface area contributed by atoms with Crippen LogP contribution in [-0.2, 0) is 4.74 Å². The van der Waals surface area contributed by atoms with E-state index in [0.717, 1.165) is 32.3 Å². The number of aliphatic hydroxyl groups excluding tert-OH is 1. The third-order valence-corrected chi connectivity index (χ3v) is 3.06. The van der Waals surface area contributed by atoms with Crippen molar-refractivity contribution in [2.75, 3.05) is 26.4 Å². The van der Waals surface area contributed by atoms with Crippen molar-refractivity contribution in [2.45, 2.75) is 44.2 Å². The van der Waals surface area contributed by atoms with Gasteiger partial charge in [0, 0.05) is 25.8 Å². The summed E-state index contributed by atoms with van der Waals surface area (Å²) in [5, 5.41) is 12.3. The molecule has 0 spiro atoms. The first-order valence-corrected chi connectivity index (χ1v) is 5.89. The van der Waals surface area contributed by atoms with Crippen LogP contribution >= 0.6 is 0 Å². The van der Waals surface area contributed by atoms with Gasteiger partial charge >= 0.3 is 0 Å². The number of ether oxygens (including phenoxy) is 1. The molecule has 0 amide bonds. The predicted octanol–water partition coefficient (Wildman–Crippen LogP) is 0.245. The molecule has 2 atom stereocenters. The Hall–Kier alpha value is -0.160. The van der Waals surface area contributed by atoms with Crippen molar-refractivity contribution >= 4 is 0 Å². The van der Waals surface area contributed by atoms with Gasteiger partial charge in [-0.1, -0.05) is 0 Å². The van der Waals surface area contributed by atoms with Crippen molar-refractivity contribution < 1.29 is 9.84 Å². The third kappa shape index (κ3) is 4.07. The molecule has 0 bridgehead atoms. The van der Waals surface area contributed by atoms with Gasteiger partial charge in [0.2, 0.25) is 0 Å². The fraction of sp³-hybridized carbons (Fsp3) is 1.00. The van der Waals surface area contributed by atoms with Crippen molar-refractivity contribution in [2.24, 2.45) is 5.73 Å². The van der Waals surface area contributed by atoms with E-state index in [1.807, 2.05) is 0 Å². The molecule has 1 heterocycles. The lowest BCUT2D eigenvalue weighted by molar-refractivity contribution is 0.0187. The monoisotopic (exact) mass is 216 g/mol. The van der Waals surface area contributed by atoms with Gasteiger partial charge in [-0.2, -0.15) is 0 Å². The van der Waals surface area contributed by atoms with Crippen LogP contribution in [-0.4, -0.2) is 43.1 Å². The van der Waals surface area contributed by atoms with Crippen LogP contribution < -0.4 is 11.1 Å². The van der Waals surface area contributed by atoms with Crippen LogP contribution in [0.3, 0.4) is 0 Å². The summed E-state index contributed by atoms with van der Waals surface area (Å²) in [5.41, 5.74) is 5.79. The number of rotatable bonds is 6.